The van der Waals surface area contributed by atoms with Crippen LogP contribution in [0.4, 0.5) is 5.69 Å². The zero-order chi connectivity index (χ0) is 26.1. The minimum Gasteiger partial charge on any atom is -0.399 e. The second-order valence-corrected chi connectivity index (χ2v) is 14.3. The summed E-state index contributed by atoms with van der Waals surface area (Å²) in [5.74, 6) is 0.0629. The van der Waals surface area contributed by atoms with Crippen molar-refractivity contribution in [2.45, 2.75) is 38.1 Å². The molecule has 2 heterocycles. The molecule has 2 aliphatic rings. The summed E-state index contributed by atoms with van der Waals surface area (Å²) in [6, 6.07) is 11.1. The molecule has 0 aromatic heterocycles. The van der Waals surface area contributed by atoms with Gasteiger partial charge < -0.3 is 5.73 Å². The Morgan fingerprint density at radius 1 is 0.944 bits per heavy atom. The summed E-state index contributed by atoms with van der Waals surface area (Å²) in [5.41, 5.74) is 9.04. The molecule has 0 saturated carbocycles. The van der Waals surface area contributed by atoms with Gasteiger partial charge in [0.2, 0.25) is 20.0 Å². The van der Waals surface area contributed by atoms with Crippen LogP contribution in [0.25, 0.3) is 0 Å². The first-order valence-electron chi connectivity index (χ1n) is 12.3. The van der Waals surface area contributed by atoms with Crippen LogP contribution in [0, 0.1) is 19.8 Å². The molecule has 1 atom stereocenters. The maximum absolute atomic E-state index is 13.2. The van der Waals surface area contributed by atoms with Crippen LogP contribution in [-0.2, 0) is 26.6 Å². The van der Waals surface area contributed by atoms with Crippen LogP contribution < -0.4 is 5.73 Å². The molecule has 0 spiro atoms. The first-order chi connectivity index (χ1) is 17.0. The largest absolute Gasteiger partial charge is 0.399 e. The second-order valence-electron chi connectivity index (χ2n) is 9.91. The third kappa shape index (κ3) is 6.23. The van der Waals surface area contributed by atoms with E-state index in [0.717, 1.165) is 23.4 Å². The number of nitrogens with zero attached hydrogens (tertiary/aromatic N) is 3. The molecule has 11 heteroatoms. The predicted molar refractivity (Wildman–Crippen MR) is 144 cm³/mol. The minimum absolute atomic E-state index is 0.0214. The monoisotopic (exact) mass is 554 g/mol. The third-order valence-corrected chi connectivity index (χ3v) is 11.5. The van der Waals surface area contributed by atoms with E-state index in [1.165, 1.54) is 4.31 Å². The first-order valence-corrected chi connectivity index (χ1v) is 15.7. The highest BCUT2D eigenvalue weighted by molar-refractivity contribution is 7.89. The zero-order valence-electron chi connectivity index (χ0n) is 20.9. The van der Waals surface area contributed by atoms with Gasteiger partial charge in [-0.1, -0.05) is 23.7 Å². The van der Waals surface area contributed by atoms with Gasteiger partial charge in [0.25, 0.3) is 0 Å². The smallest absolute Gasteiger partial charge is 0.243 e. The number of aryl methyl sites for hydroxylation is 2. The number of halogens is 1. The molecule has 0 bridgehead atoms. The topological polar surface area (TPSA) is 104 Å². The summed E-state index contributed by atoms with van der Waals surface area (Å²) < 4.78 is 55.6. The molecule has 2 aliphatic heterocycles. The lowest BCUT2D eigenvalue weighted by Crippen LogP contribution is -2.48. The number of sulfonamides is 2. The Hall–Kier alpha value is -1.69. The minimum atomic E-state index is -3.65. The predicted octanol–water partition coefficient (Wildman–Crippen LogP) is 3.09. The van der Waals surface area contributed by atoms with Gasteiger partial charge in [-0.2, -0.15) is 8.61 Å². The number of rotatable bonds is 8. The van der Waals surface area contributed by atoms with Crippen molar-refractivity contribution in [1.29, 1.82) is 0 Å². The average molecular weight is 555 g/mol. The van der Waals surface area contributed by atoms with Crippen LogP contribution >= 0.6 is 11.6 Å². The molecule has 0 radical (unpaired) electrons. The number of hydrogen-bond donors (Lipinski definition) is 1. The van der Waals surface area contributed by atoms with Crippen molar-refractivity contribution in [3.63, 3.8) is 0 Å². The van der Waals surface area contributed by atoms with Gasteiger partial charge in [0.05, 0.1) is 10.6 Å². The number of benzene rings is 2. The van der Waals surface area contributed by atoms with Crippen molar-refractivity contribution in [3.05, 3.63) is 58.1 Å². The molecular formula is C25H35ClN4O4S2. The van der Waals surface area contributed by atoms with E-state index in [4.69, 9.17) is 17.3 Å². The summed E-state index contributed by atoms with van der Waals surface area (Å²) in [4.78, 5) is 2.51. The van der Waals surface area contributed by atoms with Gasteiger partial charge >= 0.3 is 0 Å². The first kappa shape index (κ1) is 27.3. The number of nitrogens with two attached hydrogens (primary N) is 1. The maximum atomic E-state index is 13.2. The normalized spacial score (nSPS) is 20.7. The molecule has 8 nitrogen and oxygen atoms in total. The van der Waals surface area contributed by atoms with E-state index >= 15 is 0 Å². The van der Waals surface area contributed by atoms with Crippen LogP contribution in [0.2, 0.25) is 5.02 Å². The standard InChI is InChI=1S/C25H35ClN4O4S2/c1-19-15-25(20(2)14-24(19)26)36(33,34)30-8-6-21(18-30)7-13-35(31,32)29-11-9-28(10-12-29)17-22-4-3-5-23(27)16-22/h3-5,14-16,21H,6-13,17-18,27H2,1-2H3. The van der Waals surface area contributed by atoms with Gasteiger partial charge in [0, 0.05) is 56.5 Å². The van der Waals surface area contributed by atoms with E-state index in [-0.39, 0.29) is 16.6 Å². The highest BCUT2D eigenvalue weighted by atomic mass is 35.5. The van der Waals surface area contributed by atoms with Crippen molar-refractivity contribution in [2.75, 3.05) is 50.8 Å². The highest BCUT2D eigenvalue weighted by Gasteiger charge is 2.35. The summed E-state index contributed by atoms with van der Waals surface area (Å²) in [7, 11) is -7.04. The summed E-state index contributed by atoms with van der Waals surface area (Å²) in [6.45, 7) is 7.29. The van der Waals surface area contributed by atoms with Crippen molar-refractivity contribution >= 4 is 37.3 Å². The van der Waals surface area contributed by atoms with E-state index in [0.29, 0.717) is 62.7 Å². The molecule has 0 amide bonds. The Morgan fingerprint density at radius 3 is 2.36 bits per heavy atom. The molecule has 2 aromatic carbocycles. The molecule has 2 fully saturated rings. The fourth-order valence-corrected chi connectivity index (χ4v) is 8.63. The van der Waals surface area contributed by atoms with Gasteiger partial charge in [-0.05, 0) is 73.6 Å². The summed E-state index contributed by atoms with van der Waals surface area (Å²) in [5, 5.41) is 0.543. The lowest BCUT2D eigenvalue weighted by Gasteiger charge is -2.34. The van der Waals surface area contributed by atoms with Crippen LogP contribution in [0.15, 0.2) is 41.3 Å². The Morgan fingerprint density at radius 2 is 1.67 bits per heavy atom. The Labute approximate surface area is 220 Å². The van der Waals surface area contributed by atoms with Gasteiger partial charge in [0.1, 0.15) is 0 Å². The molecule has 198 valence electrons. The number of nitrogen functional groups attached to an aromatic ring is 1. The van der Waals surface area contributed by atoms with E-state index in [9.17, 15) is 16.8 Å². The molecule has 2 N–H and O–H groups in total. The molecule has 0 aliphatic carbocycles. The number of piperazine rings is 1. The van der Waals surface area contributed by atoms with Crippen LogP contribution in [-0.4, -0.2) is 75.4 Å². The fourth-order valence-electron chi connectivity index (χ4n) is 4.98. The Kier molecular flexibility index (Phi) is 8.33. The lowest BCUT2D eigenvalue weighted by atomic mass is 10.1. The van der Waals surface area contributed by atoms with E-state index in [1.807, 2.05) is 24.3 Å². The second kappa shape index (κ2) is 11.0. The lowest BCUT2D eigenvalue weighted by molar-refractivity contribution is 0.181. The number of hydrogen-bond acceptors (Lipinski definition) is 6. The van der Waals surface area contributed by atoms with Crippen LogP contribution in [0.5, 0.6) is 0 Å². The summed E-state index contributed by atoms with van der Waals surface area (Å²) >= 11 is 6.14. The van der Waals surface area contributed by atoms with Gasteiger partial charge in [-0.25, -0.2) is 16.8 Å². The van der Waals surface area contributed by atoms with E-state index in [1.54, 1.807) is 30.3 Å². The van der Waals surface area contributed by atoms with Crippen molar-refractivity contribution in [1.82, 2.24) is 13.5 Å². The van der Waals surface area contributed by atoms with Gasteiger partial charge in [-0.3, -0.25) is 4.90 Å². The molecule has 36 heavy (non-hydrogen) atoms. The quantitative estimate of drug-likeness (QED) is 0.503. The van der Waals surface area contributed by atoms with Crippen molar-refractivity contribution in [2.24, 2.45) is 5.92 Å². The average Bonchev–Trinajstić information content (AvgIpc) is 3.31. The zero-order valence-corrected chi connectivity index (χ0v) is 23.2. The SMILES string of the molecule is Cc1cc(S(=O)(=O)N2CCC(CCS(=O)(=O)N3CCN(Cc4cccc(N)c4)CC3)C2)c(C)cc1Cl. The van der Waals surface area contributed by atoms with E-state index in [2.05, 4.69) is 4.90 Å². The molecule has 2 saturated heterocycles. The van der Waals surface area contributed by atoms with Crippen LogP contribution in [0.3, 0.4) is 0 Å². The van der Waals surface area contributed by atoms with Crippen LogP contribution in [0.1, 0.15) is 29.5 Å². The molecule has 4 rings (SSSR count). The van der Waals surface area contributed by atoms with Gasteiger partial charge in [-0.15, -0.1) is 0 Å². The van der Waals surface area contributed by atoms with Crippen molar-refractivity contribution < 1.29 is 16.8 Å². The molecular weight excluding hydrogens is 520 g/mol. The number of anilines is 1. The van der Waals surface area contributed by atoms with Crippen molar-refractivity contribution in [3.8, 4) is 0 Å². The maximum Gasteiger partial charge on any atom is 0.243 e. The Balaban J connectivity index is 1.29. The van der Waals surface area contributed by atoms with E-state index < -0.39 is 20.0 Å². The third-order valence-electron chi connectivity index (χ3n) is 7.19. The molecule has 1 unspecified atom stereocenters. The summed E-state index contributed by atoms with van der Waals surface area (Å²) in [6.07, 6.45) is 1.12. The molecule has 2 aromatic rings. The van der Waals surface area contributed by atoms with Gasteiger partial charge in [0.15, 0.2) is 0 Å². The fraction of sp³-hybridized carbons (Fsp3) is 0.520. The highest BCUT2D eigenvalue weighted by Crippen LogP contribution is 2.31. The Bertz CT molecular complexity index is 1310.